The van der Waals surface area contributed by atoms with Crippen LogP contribution in [0.3, 0.4) is 0 Å². The van der Waals surface area contributed by atoms with Crippen molar-refractivity contribution >= 4 is 22.7 Å². The van der Waals surface area contributed by atoms with Gasteiger partial charge in [-0.25, -0.2) is 14.8 Å². The van der Waals surface area contributed by atoms with Gasteiger partial charge in [-0.3, -0.25) is 0 Å². The second-order valence-corrected chi connectivity index (χ2v) is 10.2. The molecule has 0 spiro atoms. The highest BCUT2D eigenvalue weighted by Crippen LogP contribution is 2.35. The number of nitrogens with zero attached hydrogens (tertiary/aromatic N) is 3. The molecule has 0 radical (unpaired) electrons. The maximum atomic E-state index is 12.7. The fourth-order valence-corrected chi connectivity index (χ4v) is 4.58. The van der Waals surface area contributed by atoms with Crippen molar-refractivity contribution in [1.29, 1.82) is 0 Å². The van der Waals surface area contributed by atoms with E-state index in [1.54, 1.807) is 19.1 Å². The van der Waals surface area contributed by atoms with Crippen LogP contribution in [0.2, 0.25) is 0 Å². The first-order chi connectivity index (χ1) is 17.1. The summed E-state index contributed by atoms with van der Waals surface area (Å²) >= 11 is 0. The molecule has 0 atom stereocenters. The number of benzene rings is 1. The molecule has 7 heteroatoms. The van der Waals surface area contributed by atoms with E-state index < -0.39 is 5.60 Å². The topological polar surface area (TPSA) is 73.8 Å². The molecule has 0 N–H and O–H groups in total. The van der Waals surface area contributed by atoms with Gasteiger partial charge in [0.25, 0.3) is 0 Å². The van der Waals surface area contributed by atoms with Crippen LogP contribution >= 0.6 is 0 Å². The van der Waals surface area contributed by atoms with Gasteiger partial charge in [-0.1, -0.05) is 12.1 Å². The number of fused-ring (bicyclic) bond motifs is 1. The second kappa shape index (κ2) is 10.3. The molecule has 190 valence electrons. The van der Waals surface area contributed by atoms with E-state index in [2.05, 4.69) is 26.0 Å². The molecule has 1 aliphatic heterocycles. The number of hydrogen-bond acceptors (Lipinski definition) is 6. The molecule has 0 bridgehead atoms. The van der Waals surface area contributed by atoms with Gasteiger partial charge in [-0.2, -0.15) is 0 Å². The molecule has 1 amide bonds. The van der Waals surface area contributed by atoms with Crippen LogP contribution in [0, 0.1) is 13.8 Å². The number of carbonyl (C=O) groups excluding carboxylic acids is 1. The van der Waals surface area contributed by atoms with Crippen LogP contribution in [-0.4, -0.2) is 53.9 Å². The lowest BCUT2D eigenvalue weighted by Crippen LogP contribution is -2.39. The maximum Gasteiger partial charge on any atom is 0.410 e. The minimum Gasteiger partial charge on any atom is -0.496 e. The number of aryl methyl sites for hydroxylation is 2. The highest BCUT2D eigenvalue weighted by atomic mass is 16.6. The van der Waals surface area contributed by atoms with E-state index in [9.17, 15) is 4.79 Å². The van der Waals surface area contributed by atoms with Gasteiger partial charge in [0.1, 0.15) is 11.4 Å². The van der Waals surface area contributed by atoms with Crippen molar-refractivity contribution in [3.8, 4) is 17.0 Å². The number of hydrogen-bond donors (Lipinski definition) is 0. The summed E-state index contributed by atoms with van der Waals surface area (Å²) in [7, 11) is 3.36. The lowest BCUT2D eigenvalue weighted by Gasteiger charge is -2.30. The molecule has 3 heterocycles. The third-order valence-corrected chi connectivity index (χ3v) is 6.11. The third kappa shape index (κ3) is 5.51. The van der Waals surface area contributed by atoms with Gasteiger partial charge in [0, 0.05) is 24.6 Å². The highest BCUT2D eigenvalue weighted by Gasteiger charge is 2.25. The number of ether oxygens (including phenoxy) is 3. The summed E-state index contributed by atoms with van der Waals surface area (Å²) < 4.78 is 16.8. The van der Waals surface area contributed by atoms with E-state index in [0.29, 0.717) is 25.3 Å². The average molecular weight is 490 g/mol. The lowest BCUT2D eigenvalue weighted by atomic mass is 9.99. The summed E-state index contributed by atoms with van der Waals surface area (Å²) in [5, 5.41) is 0.938. The monoisotopic (exact) mass is 489 g/mol. The highest BCUT2D eigenvalue weighted by molar-refractivity contribution is 5.86. The lowest BCUT2D eigenvalue weighted by molar-refractivity contribution is 0.0273. The van der Waals surface area contributed by atoms with Gasteiger partial charge in [-0.15, -0.1) is 0 Å². The van der Waals surface area contributed by atoms with Crippen molar-refractivity contribution < 1.29 is 19.0 Å². The molecule has 2 aromatic heterocycles. The first-order valence-corrected chi connectivity index (χ1v) is 12.2. The molecule has 0 saturated heterocycles. The van der Waals surface area contributed by atoms with E-state index >= 15 is 0 Å². The molecule has 3 aromatic rings. The first kappa shape index (κ1) is 25.6. The molecule has 0 aliphatic carbocycles. The zero-order chi connectivity index (χ0) is 26.0. The quantitative estimate of drug-likeness (QED) is 0.432. The van der Waals surface area contributed by atoms with Gasteiger partial charge in [-0.05, 0) is 87.6 Å². The number of pyridine rings is 2. The summed E-state index contributed by atoms with van der Waals surface area (Å²) in [6, 6.07) is 10.2. The molecule has 36 heavy (non-hydrogen) atoms. The molecule has 0 unspecified atom stereocenters. The van der Waals surface area contributed by atoms with Crippen LogP contribution in [-0.2, 0) is 16.1 Å². The van der Waals surface area contributed by atoms with Crippen LogP contribution in [0.1, 0.15) is 49.6 Å². The summed E-state index contributed by atoms with van der Waals surface area (Å²) in [6.07, 6.45) is 2.57. The van der Waals surface area contributed by atoms with E-state index in [1.165, 1.54) is 0 Å². The van der Waals surface area contributed by atoms with Crippen molar-refractivity contribution in [2.75, 3.05) is 27.3 Å². The van der Waals surface area contributed by atoms with Gasteiger partial charge in [0.2, 0.25) is 0 Å². The Hall–Kier alpha value is -3.45. The zero-order valence-electron chi connectivity index (χ0n) is 22.3. The molecule has 4 rings (SSSR count). The number of methoxy groups -OCH3 is 2. The second-order valence-electron chi connectivity index (χ2n) is 10.2. The molecule has 0 saturated carbocycles. The van der Waals surface area contributed by atoms with Gasteiger partial charge in [0.15, 0.2) is 5.65 Å². The Labute approximate surface area is 213 Å². The van der Waals surface area contributed by atoms with Crippen molar-refractivity contribution in [2.24, 2.45) is 0 Å². The van der Waals surface area contributed by atoms with Crippen molar-refractivity contribution in [2.45, 2.75) is 53.2 Å². The Kier molecular flexibility index (Phi) is 7.31. The SMILES string of the molecule is COCc1cc(C2=CCCN(C(=O)OC(C)(C)C)C2)nc2nc(-c3c(C)cc(C)cc3OC)ccc12. The van der Waals surface area contributed by atoms with Crippen molar-refractivity contribution in [3.63, 3.8) is 0 Å². The minimum atomic E-state index is -0.541. The fraction of sp³-hybridized carbons (Fsp3) is 0.414. The molecule has 0 fully saturated rings. The normalized spacial score (nSPS) is 14.1. The molecular formula is C29H35N3O4. The van der Waals surface area contributed by atoms with Gasteiger partial charge < -0.3 is 19.1 Å². The van der Waals surface area contributed by atoms with Crippen LogP contribution in [0.4, 0.5) is 4.79 Å². The Bertz CT molecular complexity index is 1320. The number of aromatic nitrogens is 2. The van der Waals surface area contributed by atoms with Crippen LogP contribution in [0.5, 0.6) is 5.75 Å². The molecule has 7 nitrogen and oxygen atoms in total. The number of carbonyl (C=O) groups is 1. The van der Waals surface area contributed by atoms with Crippen LogP contribution < -0.4 is 4.74 Å². The van der Waals surface area contributed by atoms with E-state index in [1.807, 2.05) is 45.0 Å². The Morgan fingerprint density at radius 2 is 1.81 bits per heavy atom. The molecule has 1 aliphatic rings. The van der Waals surface area contributed by atoms with Crippen LogP contribution in [0.15, 0.2) is 36.4 Å². The number of rotatable bonds is 5. The molecular weight excluding hydrogens is 454 g/mol. The standard InChI is InChI=1S/C29H35N3O4/c1-18-13-19(2)26(25(14-18)35-7)23-11-10-22-21(17-34-6)15-24(31-27(22)30-23)20-9-8-12-32(16-20)28(33)36-29(3,4)5/h9-11,13-15H,8,12,16-17H2,1-7H3. The Morgan fingerprint density at radius 3 is 2.50 bits per heavy atom. The van der Waals surface area contributed by atoms with E-state index in [4.69, 9.17) is 24.2 Å². The third-order valence-electron chi connectivity index (χ3n) is 6.11. The number of amides is 1. The summed E-state index contributed by atoms with van der Waals surface area (Å²) in [5.41, 5.74) is 6.85. The van der Waals surface area contributed by atoms with Crippen molar-refractivity contribution in [1.82, 2.24) is 14.9 Å². The fourth-order valence-electron chi connectivity index (χ4n) is 4.58. The summed E-state index contributed by atoms with van der Waals surface area (Å²) in [5.74, 6) is 0.788. The predicted molar refractivity (Wildman–Crippen MR) is 142 cm³/mol. The molecule has 1 aromatic carbocycles. The van der Waals surface area contributed by atoms with Crippen LogP contribution in [0.25, 0.3) is 27.9 Å². The first-order valence-electron chi connectivity index (χ1n) is 12.2. The summed E-state index contributed by atoms with van der Waals surface area (Å²) in [6.45, 7) is 11.2. The summed E-state index contributed by atoms with van der Waals surface area (Å²) in [4.78, 5) is 24.3. The van der Waals surface area contributed by atoms with Crippen molar-refractivity contribution in [3.05, 3.63) is 58.8 Å². The zero-order valence-corrected chi connectivity index (χ0v) is 22.3. The van der Waals surface area contributed by atoms with Gasteiger partial charge >= 0.3 is 6.09 Å². The van der Waals surface area contributed by atoms with Gasteiger partial charge in [0.05, 0.1) is 31.6 Å². The maximum absolute atomic E-state index is 12.7. The average Bonchev–Trinajstić information content (AvgIpc) is 2.82. The minimum absolute atomic E-state index is 0.312. The Balaban J connectivity index is 1.76. The van der Waals surface area contributed by atoms with E-state index in [0.717, 1.165) is 56.8 Å². The smallest absolute Gasteiger partial charge is 0.410 e. The largest absolute Gasteiger partial charge is 0.496 e. The van der Waals surface area contributed by atoms with E-state index in [-0.39, 0.29) is 6.09 Å². The Morgan fingerprint density at radius 1 is 1.06 bits per heavy atom. The predicted octanol–water partition coefficient (Wildman–Crippen LogP) is 6.09.